The topological polar surface area (TPSA) is 38.8 Å². The molecule has 1 aromatic rings. The highest BCUT2D eigenvalue weighted by molar-refractivity contribution is 6.18. The number of carbonyl (C=O) groups is 1. The van der Waals surface area contributed by atoms with Gasteiger partial charge in [0.1, 0.15) is 5.75 Å². The van der Waals surface area contributed by atoms with Crippen molar-refractivity contribution < 1.29 is 14.3 Å². The monoisotopic (exact) mass is 281 g/mol. The number of hydrogen-bond donors (Lipinski definition) is 0. The molecule has 4 nitrogen and oxygen atoms in total. The second kappa shape index (κ2) is 5.39. The fourth-order valence-electron chi connectivity index (χ4n) is 2.50. The van der Waals surface area contributed by atoms with E-state index >= 15 is 0 Å². The summed E-state index contributed by atoms with van der Waals surface area (Å²) in [4.78, 5) is 14.3. The summed E-state index contributed by atoms with van der Waals surface area (Å²) in [6, 6.07) is 5.66. The molecule has 0 aliphatic carbocycles. The predicted octanol–water partition coefficient (Wildman–Crippen LogP) is 1.70. The van der Waals surface area contributed by atoms with Crippen molar-refractivity contribution in [3.8, 4) is 5.75 Å². The van der Waals surface area contributed by atoms with Crippen LogP contribution in [0.1, 0.15) is 15.9 Å². The van der Waals surface area contributed by atoms with Crippen LogP contribution in [0.3, 0.4) is 0 Å². The summed E-state index contributed by atoms with van der Waals surface area (Å²) in [6.45, 7) is 2.45. The molecule has 2 heterocycles. The Hall–Kier alpha value is -1.26. The van der Waals surface area contributed by atoms with Gasteiger partial charge in [-0.2, -0.15) is 0 Å². The molecule has 102 valence electrons. The number of nitrogens with zero attached hydrogens (tertiary/aromatic N) is 1. The standard InChI is InChI=1S/C14H16ClNO3/c15-8-12-9-16(4-6-18-12)14(17)11-1-2-13-10(7-11)3-5-19-13/h1-2,7,12H,3-6,8-9H2. The Bertz CT molecular complexity index is 492. The lowest BCUT2D eigenvalue weighted by atomic mass is 10.1. The molecule has 0 spiro atoms. The smallest absolute Gasteiger partial charge is 0.254 e. The summed E-state index contributed by atoms with van der Waals surface area (Å²) >= 11 is 5.79. The number of ether oxygens (including phenoxy) is 2. The van der Waals surface area contributed by atoms with Gasteiger partial charge in [-0.3, -0.25) is 4.79 Å². The average Bonchev–Trinajstić information content (AvgIpc) is 2.94. The molecule has 1 unspecified atom stereocenters. The Morgan fingerprint density at radius 1 is 1.42 bits per heavy atom. The average molecular weight is 282 g/mol. The Morgan fingerprint density at radius 3 is 3.16 bits per heavy atom. The van der Waals surface area contributed by atoms with Gasteiger partial charge in [0, 0.05) is 25.1 Å². The number of benzene rings is 1. The van der Waals surface area contributed by atoms with E-state index < -0.39 is 0 Å². The number of hydrogen-bond acceptors (Lipinski definition) is 3. The van der Waals surface area contributed by atoms with Gasteiger partial charge in [0.15, 0.2) is 0 Å². The van der Waals surface area contributed by atoms with Crippen molar-refractivity contribution in [1.29, 1.82) is 0 Å². The minimum atomic E-state index is -0.0582. The lowest BCUT2D eigenvalue weighted by Gasteiger charge is -2.32. The zero-order valence-electron chi connectivity index (χ0n) is 10.6. The van der Waals surface area contributed by atoms with Crippen molar-refractivity contribution in [2.45, 2.75) is 12.5 Å². The van der Waals surface area contributed by atoms with Crippen LogP contribution in [0.5, 0.6) is 5.75 Å². The van der Waals surface area contributed by atoms with Crippen LogP contribution < -0.4 is 4.74 Å². The van der Waals surface area contributed by atoms with Gasteiger partial charge in [0.2, 0.25) is 0 Å². The van der Waals surface area contributed by atoms with Crippen molar-refractivity contribution in [3.05, 3.63) is 29.3 Å². The Kier molecular flexibility index (Phi) is 3.62. The Morgan fingerprint density at radius 2 is 2.32 bits per heavy atom. The predicted molar refractivity (Wildman–Crippen MR) is 72.0 cm³/mol. The molecule has 0 aromatic heterocycles. The van der Waals surface area contributed by atoms with Gasteiger partial charge >= 0.3 is 0 Å². The highest BCUT2D eigenvalue weighted by Crippen LogP contribution is 2.26. The zero-order valence-corrected chi connectivity index (χ0v) is 11.4. The van der Waals surface area contributed by atoms with E-state index in [0.29, 0.717) is 32.2 Å². The molecular formula is C14H16ClNO3. The van der Waals surface area contributed by atoms with Gasteiger partial charge in [-0.25, -0.2) is 0 Å². The first-order valence-corrected chi connectivity index (χ1v) is 7.04. The maximum Gasteiger partial charge on any atom is 0.254 e. The van der Waals surface area contributed by atoms with E-state index in [9.17, 15) is 4.79 Å². The van der Waals surface area contributed by atoms with Crippen LogP contribution in [0, 0.1) is 0 Å². The van der Waals surface area contributed by atoms with E-state index in [4.69, 9.17) is 21.1 Å². The first-order valence-electron chi connectivity index (χ1n) is 6.50. The van der Waals surface area contributed by atoms with E-state index in [1.165, 1.54) is 0 Å². The summed E-state index contributed by atoms with van der Waals surface area (Å²) in [5.41, 5.74) is 1.84. The number of amides is 1. The number of carbonyl (C=O) groups excluding carboxylic acids is 1. The van der Waals surface area contributed by atoms with Crippen LogP contribution in [-0.2, 0) is 11.2 Å². The first-order chi connectivity index (χ1) is 9.28. The van der Waals surface area contributed by atoms with E-state index in [1.54, 1.807) is 0 Å². The lowest BCUT2D eigenvalue weighted by molar-refractivity contribution is -0.0108. The molecule has 2 aliphatic rings. The number of morpholine rings is 1. The van der Waals surface area contributed by atoms with Crippen molar-refractivity contribution in [3.63, 3.8) is 0 Å². The minimum Gasteiger partial charge on any atom is -0.493 e. The molecular weight excluding hydrogens is 266 g/mol. The maximum absolute atomic E-state index is 12.4. The highest BCUT2D eigenvalue weighted by atomic mass is 35.5. The molecule has 0 radical (unpaired) electrons. The van der Waals surface area contributed by atoms with Gasteiger partial charge in [0.25, 0.3) is 5.91 Å². The molecule has 1 fully saturated rings. The van der Waals surface area contributed by atoms with Gasteiger partial charge in [0.05, 0.1) is 25.2 Å². The van der Waals surface area contributed by atoms with Crippen molar-refractivity contribution in [2.24, 2.45) is 0 Å². The van der Waals surface area contributed by atoms with Crippen molar-refractivity contribution >= 4 is 17.5 Å². The van der Waals surface area contributed by atoms with Gasteiger partial charge < -0.3 is 14.4 Å². The third-order valence-electron chi connectivity index (χ3n) is 3.53. The van der Waals surface area contributed by atoms with Crippen LogP contribution in [0.15, 0.2) is 18.2 Å². The number of halogens is 1. The maximum atomic E-state index is 12.4. The Labute approximate surface area is 117 Å². The third-order valence-corrected chi connectivity index (χ3v) is 3.88. The molecule has 19 heavy (non-hydrogen) atoms. The molecule has 5 heteroatoms. The summed E-state index contributed by atoms with van der Waals surface area (Å²) in [7, 11) is 0. The van der Waals surface area contributed by atoms with Crippen LogP contribution in [0.2, 0.25) is 0 Å². The number of rotatable bonds is 2. The number of alkyl halides is 1. The molecule has 3 rings (SSSR count). The van der Waals surface area contributed by atoms with Gasteiger partial charge in [-0.1, -0.05) is 0 Å². The van der Waals surface area contributed by atoms with Crippen LogP contribution >= 0.6 is 11.6 Å². The molecule has 1 aromatic carbocycles. The van der Waals surface area contributed by atoms with Crippen LogP contribution in [0.4, 0.5) is 0 Å². The van der Waals surface area contributed by atoms with Crippen molar-refractivity contribution in [1.82, 2.24) is 4.90 Å². The van der Waals surface area contributed by atoms with Crippen molar-refractivity contribution in [2.75, 3.05) is 32.2 Å². The summed E-state index contributed by atoms with van der Waals surface area (Å²) < 4.78 is 10.9. The molecule has 1 saturated heterocycles. The normalized spacial score (nSPS) is 21.9. The van der Waals surface area contributed by atoms with E-state index in [0.717, 1.165) is 23.3 Å². The van der Waals surface area contributed by atoms with E-state index in [-0.39, 0.29) is 12.0 Å². The summed E-state index contributed by atoms with van der Waals surface area (Å²) in [6.07, 6.45) is 0.821. The molecule has 1 amide bonds. The van der Waals surface area contributed by atoms with E-state index in [2.05, 4.69) is 0 Å². The third kappa shape index (κ3) is 2.55. The van der Waals surface area contributed by atoms with E-state index in [1.807, 2.05) is 23.1 Å². The Balaban J connectivity index is 1.76. The molecule has 0 saturated carbocycles. The fourth-order valence-corrected chi connectivity index (χ4v) is 2.69. The zero-order chi connectivity index (χ0) is 13.2. The molecule has 0 bridgehead atoms. The van der Waals surface area contributed by atoms with Gasteiger partial charge in [-0.05, 0) is 23.8 Å². The number of fused-ring (bicyclic) bond motifs is 1. The fraction of sp³-hybridized carbons (Fsp3) is 0.500. The van der Waals surface area contributed by atoms with Crippen LogP contribution in [0.25, 0.3) is 0 Å². The SMILES string of the molecule is O=C(c1ccc2c(c1)CCO2)N1CCOC(CCl)C1. The van der Waals surface area contributed by atoms with Gasteiger partial charge in [-0.15, -0.1) is 11.6 Å². The van der Waals surface area contributed by atoms with Crippen LogP contribution in [-0.4, -0.2) is 49.1 Å². The molecule has 0 N–H and O–H groups in total. The molecule has 1 atom stereocenters. The summed E-state index contributed by atoms with van der Waals surface area (Å²) in [5.74, 6) is 1.37. The highest BCUT2D eigenvalue weighted by Gasteiger charge is 2.25. The first kappa shape index (κ1) is 12.8. The summed E-state index contributed by atoms with van der Waals surface area (Å²) in [5, 5.41) is 0. The molecule has 2 aliphatic heterocycles. The lowest BCUT2D eigenvalue weighted by Crippen LogP contribution is -2.46. The minimum absolute atomic E-state index is 0.0492. The second-order valence-electron chi connectivity index (χ2n) is 4.82. The quantitative estimate of drug-likeness (QED) is 0.775. The largest absolute Gasteiger partial charge is 0.493 e. The second-order valence-corrected chi connectivity index (χ2v) is 5.13.